The van der Waals surface area contributed by atoms with Crippen molar-refractivity contribution in [2.75, 3.05) is 7.11 Å². The van der Waals surface area contributed by atoms with Crippen LogP contribution in [-0.4, -0.2) is 30.3 Å². The topological polar surface area (TPSA) is 105 Å². The van der Waals surface area contributed by atoms with Crippen molar-refractivity contribution in [2.24, 2.45) is 11.3 Å². The van der Waals surface area contributed by atoms with E-state index in [4.69, 9.17) is 14.2 Å². The summed E-state index contributed by atoms with van der Waals surface area (Å²) in [5, 5.41) is 10.5. The Hall–Kier alpha value is -2.64. The number of nitro groups is 1. The first-order valence-electron chi connectivity index (χ1n) is 8.61. The molecule has 2 saturated carbocycles. The van der Waals surface area contributed by atoms with Crippen molar-refractivity contribution < 1.29 is 28.7 Å². The average molecular weight is 365 g/mol. The lowest BCUT2D eigenvalue weighted by atomic mass is 9.50. The van der Waals surface area contributed by atoms with E-state index < -0.39 is 11.1 Å². The first-order valence-corrected chi connectivity index (χ1v) is 8.61. The second-order valence-corrected chi connectivity index (χ2v) is 6.38. The summed E-state index contributed by atoms with van der Waals surface area (Å²) in [4.78, 5) is 33.1. The number of rotatable bonds is 4. The van der Waals surface area contributed by atoms with Crippen LogP contribution in [0.4, 0.5) is 10.5 Å². The smallest absolute Gasteiger partial charge is 0.469 e. The second kappa shape index (κ2) is 8.16. The van der Waals surface area contributed by atoms with Crippen LogP contribution < -0.4 is 4.74 Å². The zero-order valence-corrected chi connectivity index (χ0v) is 15.1. The summed E-state index contributed by atoms with van der Waals surface area (Å²) in [5.41, 5.74) is 0.0127. The number of methoxy groups -OCH3 is 1. The van der Waals surface area contributed by atoms with Gasteiger partial charge in [-0.15, -0.1) is 0 Å². The van der Waals surface area contributed by atoms with Crippen molar-refractivity contribution in [3.05, 3.63) is 34.4 Å². The summed E-state index contributed by atoms with van der Waals surface area (Å²) in [6.45, 7) is 4.00. The Morgan fingerprint density at radius 3 is 2.19 bits per heavy atom. The van der Waals surface area contributed by atoms with Crippen LogP contribution in [0.15, 0.2) is 24.3 Å². The maximum absolute atomic E-state index is 11.7. The van der Waals surface area contributed by atoms with Gasteiger partial charge in [0.2, 0.25) is 0 Å². The molecule has 0 amide bonds. The first kappa shape index (κ1) is 19.7. The molecule has 0 radical (unpaired) electrons. The largest absolute Gasteiger partial charge is 0.514 e. The van der Waals surface area contributed by atoms with Gasteiger partial charge in [0, 0.05) is 12.1 Å². The summed E-state index contributed by atoms with van der Waals surface area (Å²) in [6.07, 6.45) is 1.95. The molecule has 0 unspecified atom stereocenters. The Morgan fingerprint density at radius 1 is 1.12 bits per heavy atom. The molecule has 1 aromatic rings. The number of nitro benzene ring substituents is 1. The number of hydrogen-bond acceptors (Lipinski definition) is 7. The SMILES string of the molecule is CC.COC(=O)C1CC2(CC(OC(=O)Oc3ccc([N+](=O)[O-])cc3)C2)C1. The third-order valence-electron chi connectivity index (χ3n) is 4.73. The molecule has 2 fully saturated rings. The van der Waals surface area contributed by atoms with Crippen molar-refractivity contribution >= 4 is 17.8 Å². The molecule has 1 aromatic carbocycles. The predicted octanol–water partition coefficient (Wildman–Crippen LogP) is 3.87. The third kappa shape index (κ3) is 4.30. The lowest BCUT2D eigenvalue weighted by Crippen LogP contribution is -2.53. The van der Waals surface area contributed by atoms with Gasteiger partial charge in [0.05, 0.1) is 18.0 Å². The summed E-state index contributed by atoms with van der Waals surface area (Å²) in [7, 11) is 1.38. The van der Waals surface area contributed by atoms with Gasteiger partial charge in [0.1, 0.15) is 11.9 Å². The lowest BCUT2D eigenvalue weighted by Gasteiger charge is -2.55. The molecule has 0 bridgehead atoms. The highest BCUT2D eigenvalue weighted by Crippen LogP contribution is 2.59. The molecule has 0 saturated heterocycles. The monoisotopic (exact) mass is 365 g/mol. The van der Waals surface area contributed by atoms with Crippen LogP contribution in [0.25, 0.3) is 0 Å². The highest BCUT2D eigenvalue weighted by molar-refractivity contribution is 5.73. The summed E-state index contributed by atoms with van der Waals surface area (Å²) in [5.74, 6) is -0.0281. The molecule has 26 heavy (non-hydrogen) atoms. The van der Waals surface area contributed by atoms with Crippen LogP contribution in [0.2, 0.25) is 0 Å². The minimum Gasteiger partial charge on any atom is -0.469 e. The lowest BCUT2D eigenvalue weighted by molar-refractivity contribution is -0.384. The summed E-state index contributed by atoms with van der Waals surface area (Å²) >= 11 is 0. The van der Waals surface area contributed by atoms with E-state index in [0.717, 1.165) is 25.7 Å². The van der Waals surface area contributed by atoms with E-state index >= 15 is 0 Å². The van der Waals surface area contributed by atoms with Gasteiger partial charge in [0.15, 0.2) is 0 Å². The number of ether oxygens (including phenoxy) is 3. The van der Waals surface area contributed by atoms with E-state index in [9.17, 15) is 19.7 Å². The molecule has 2 aliphatic carbocycles. The molecule has 0 aromatic heterocycles. The summed E-state index contributed by atoms with van der Waals surface area (Å²) < 4.78 is 14.9. The van der Waals surface area contributed by atoms with Crippen LogP contribution in [-0.2, 0) is 14.3 Å². The molecule has 1 spiro atoms. The van der Waals surface area contributed by atoms with Gasteiger partial charge in [-0.25, -0.2) is 4.79 Å². The quantitative estimate of drug-likeness (QED) is 0.345. The standard InChI is InChI=1S/C16H17NO7.C2H6/c1-22-14(18)10-6-16(7-10)8-13(9-16)24-15(19)23-12-4-2-11(3-5-12)17(20)21;1-2/h2-5,10,13H,6-9H2,1H3;1-2H3. The van der Waals surface area contributed by atoms with Crippen LogP contribution in [0.3, 0.4) is 0 Å². The second-order valence-electron chi connectivity index (χ2n) is 6.38. The van der Waals surface area contributed by atoms with E-state index in [2.05, 4.69) is 0 Å². The fourth-order valence-electron chi connectivity index (χ4n) is 3.53. The van der Waals surface area contributed by atoms with E-state index in [0.29, 0.717) is 0 Å². The molecule has 3 rings (SSSR count). The molecule has 142 valence electrons. The van der Waals surface area contributed by atoms with Crippen LogP contribution >= 0.6 is 0 Å². The number of non-ortho nitro benzene ring substituents is 1. The maximum atomic E-state index is 11.7. The minimum absolute atomic E-state index is 0.0389. The van der Waals surface area contributed by atoms with Crippen molar-refractivity contribution in [1.82, 2.24) is 0 Å². The van der Waals surface area contributed by atoms with E-state index in [1.54, 1.807) is 0 Å². The van der Waals surface area contributed by atoms with Crippen LogP contribution in [0, 0.1) is 21.4 Å². The van der Waals surface area contributed by atoms with Crippen LogP contribution in [0.1, 0.15) is 39.5 Å². The third-order valence-corrected chi connectivity index (χ3v) is 4.73. The van der Waals surface area contributed by atoms with Gasteiger partial charge in [-0.1, -0.05) is 13.8 Å². The Bertz CT molecular complexity index is 657. The van der Waals surface area contributed by atoms with Crippen LogP contribution in [0.5, 0.6) is 5.75 Å². The van der Waals surface area contributed by atoms with Gasteiger partial charge < -0.3 is 14.2 Å². The number of carbonyl (C=O) groups is 2. The number of carbonyl (C=O) groups excluding carboxylic acids is 2. The Kier molecular flexibility index (Phi) is 6.18. The van der Waals surface area contributed by atoms with Gasteiger partial charge in [-0.05, 0) is 43.2 Å². The zero-order valence-electron chi connectivity index (χ0n) is 15.1. The molecule has 0 aliphatic heterocycles. The molecule has 8 nitrogen and oxygen atoms in total. The molecule has 8 heteroatoms. The Morgan fingerprint density at radius 2 is 1.69 bits per heavy atom. The molecule has 0 atom stereocenters. The molecule has 0 N–H and O–H groups in total. The van der Waals surface area contributed by atoms with Gasteiger partial charge in [0.25, 0.3) is 5.69 Å². The minimum atomic E-state index is -0.826. The van der Waals surface area contributed by atoms with Crippen molar-refractivity contribution in [2.45, 2.75) is 45.6 Å². The van der Waals surface area contributed by atoms with Gasteiger partial charge >= 0.3 is 12.1 Å². The number of benzene rings is 1. The first-order chi connectivity index (χ1) is 12.4. The normalized spacial score (nSPS) is 25.7. The van der Waals surface area contributed by atoms with E-state index in [1.807, 2.05) is 13.8 Å². The highest BCUT2D eigenvalue weighted by atomic mass is 16.7. The number of esters is 1. The van der Waals surface area contributed by atoms with E-state index in [1.165, 1.54) is 31.4 Å². The highest BCUT2D eigenvalue weighted by Gasteiger charge is 2.56. The number of nitrogens with zero attached hydrogens (tertiary/aromatic N) is 1. The maximum Gasteiger partial charge on any atom is 0.514 e. The fourth-order valence-corrected chi connectivity index (χ4v) is 3.53. The van der Waals surface area contributed by atoms with Crippen molar-refractivity contribution in [3.8, 4) is 5.75 Å². The Balaban J connectivity index is 0.00000117. The molecular formula is C18H23NO7. The average Bonchev–Trinajstić information content (AvgIpc) is 2.57. The summed E-state index contributed by atoms with van der Waals surface area (Å²) in [6, 6.07) is 5.19. The predicted molar refractivity (Wildman–Crippen MR) is 91.7 cm³/mol. The van der Waals surface area contributed by atoms with Gasteiger partial charge in [-0.2, -0.15) is 0 Å². The Labute approximate surface area is 151 Å². The van der Waals surface area contributed by atoms with Crippen molar-refractivity contribution in [3.63, 3.8) is 0 Å². The number of hydrogen-bond donors (Lipinski definition) is 0. The fraction of sp³-hybridized carbons (Fsp3) is 0.556. The molecular weight excluding hydrogens is 342 g/mol. The zero-order chi connectivity index (χ0) is 19.3. The molecule has 2 aliphatic rings. The van der Waals surface area contributed by atoms with Gasteiger partial charge in [-0.3, -0.25) is 14.9 Å². The molecule has 0 heterocycles. The van der Waals surface area contributed by atoms with Crippen molar-refractivity contribution in [1.29, 1.82) is 0 Å². The van der Waals surface area contributed by atoms with E-state index in [-0.39, 0.29) is 34.8 Å².